The molecule has 1 aliphatic rings. The standard InChI is InChI=1S/C18H12BrNO5S2/c1-25-13-6-9(5-12(19)15(13)21)7-14-16(22)20(18(26)27-14)11-4-2-3-10(8-11)17(23)24/h2-8,21H,1H3,(H,23,24). The minimum Gasteiger partial charge on any atom is -0.503 e. The predicted molar refractivity (Wildman–Crippen MR) is 111 cm³/mol. The molecule has 2 aromatic rings. The van der Waals surface area contributed by atoms with Crippen LogP contribution in [0.2, 0.25) is 0 Å². The quantitative estimate of drug-likeness (QED) is 0.514. The van der Waals surface area contributed by atoms with E-state index >= 15 is 0 Å². The van der Waals surface area contributed by atoms with Gasteiger partial charge in [0.15, 0.2) is 15.8 Å². The third-order valence-corrected chi connectivity index (χ3v) is 5.62. The summed E-state index contributed by atoms with van der Waals surface area (Å²) in [5, 5.41) is 19.0. The highest BCUT2D eigenvalue weighted by Gasteiger charge is 2.33. The zero-order valence-corrected chi connectivity index (χ0v) is 17.0. The summed E-state index contributed by atoms with van der Waals surface area (Å²) >= 11 is 9.66. The molecule has 1 fully saturated rings. The van der Waals surface area contributed by atoms with Crippen molar-refractivity contribution < 1.29 is 24.5 Å². The van der Waals surface area contributed by atoms with Gasteiger partial charge in [-0.15, -0.1) is 0 Å². The van der Waals surface area contributed by atoms with Crippen LogP contribution in [0, 0.1) is 0 Å². The van der Waals surface area contributed by atoms with E-state index in [9.17, 15) is 14.7 Å². The molecule has 1 heterocycles. The number of amides is 1. The fourth-order valence-corrected chi connectivity index (χ4v) is 4.21. The highest BCUT2D eigenvalue weighted by Crippen LogP contribution is 2.39. The summed E-state index contributed by atoms with van der Waals surface area (Å²) < 4.78 is 5.84. The van der Waals surface area contributed by atoms with Gasteiger partial charge in [0, 0.05) is 0 Å². The van der Waals surface area contributed by atoms with E-state index in [2.05, 4.69) is 15.9 Å². The number of ether oxygens (including phenoxy) is 1. The van der Waals surface area contributed by atoms with Crippen molar-refractivity contribution in [2.24, 2.45) is 0 Å². The predicted octanol–water partition coefficient (Wildman–Crippen LogP) is 4.27. The monoisotopic (exact) mass is 465 g/mol. The third kappa shape index (κ3) is 3.85. The van der Waals surface area contributed by atoms with Crippen molar-refractivity contribution in [1.82, 2.24) is 0 Å². The maximum atomic E-state index is 12.8. The lowest BCUT2D eigenvalue weighted by atomic mass is 10.1. The first-order chi connectivity index (χ1) is 12.8. The SMILES string of the molecule is COc1cc(C=C2SC(=S)N(c3cccc(C(=O)O)c3)C2=O)cc(Br)c1O. The van der Waals surface area contributed by atoms with Crippen LogP contribution in [0.25, 0.3) is 6.08 Å². The molecule has 0 bridgehead atoms. The van der Waals surface area contributed by atoms with Gasteiger partial charge >= 0.3 is 5.97 Å². The Labute approximate surface area is 172 Å². The number of anilines is 1. The summed E-state index contributed by atoms with van der Waals surface area (Å²) in [5.41, 5.74) is 1.10. The Hall–Kier alpha value is -2.36. The molecule has 9 heteroatoms. The minimum absolute atomic E-state index is 0.0346. The van der Waals surface area contributed by atoms with E-state index < -0.39 is 5.97 Å². The maximum Gasteiger partial charge on any atom is 0.335 e. The molecule has 2 N–H and O–H groups in total. The molecule has 6 nitrogen and oxygen atoms in total. The highest BCUT2D eigenvalue weighted by molar-refractivity contribution is 9.10. The molecule has 1 amide bonds. The molecule has 0 saturated carbocycles. The number of carboxylic acids is 1. The van der Waals surface area contributed by atoms with Crippen molar-refractivity contribution in [1.29, 1.82) is 0 Å². The number of aromatic hydroxyl groups is 1. The molecule has 0 radical (unpaired) electrons. The molecule has 0 spiro atoms. The lowest BCUT2D eigenvalue weighted by Crippen LogP contribution is -2.27. The highest BCUT2D eigenvalue weighted by atomic mass is 79.9. The average molecular weight is 466 g/mol. The second-order valence-corrected chi connectivity index (χ2v) is 7.96. The Balaban J connectivity index is 1.97. The third-order valence-electron chi connectivity index (χ3n) is 3.71. The molecule has 1 aliphatic heterocycles. The number of carboxylic acid groups (broad SMARTS) is 1. The van der Waals surface area contributed by atoms with E-state index in [1.807, 2.05) is 0 Å². The van der Waals surface area contributed by atoms with E-state index in [-0.39, 0.29) is 23.0 Å². The van der Waals surface area contributed by atoms with E-state index in [1.165, 1.54) is 24.1 Å². The summed E-state index contributed by atoms with van der Waals surface area (Å²) in [5.74, 6) is -1.21. The summed E-state index contributed by atoms with van der Waals surface area (Å²) in [7, 11) is 1.43. The molecular formula is C18H12BrNO5S2. The van der Waals surface area contributed by atoms with Gasteiger partial charge in [0.2, 0.25) is 0 Å². The van der Waals surface area contributed by atoms with Gasteiger partial charge in [-0.25, -0.2) is 4.79 Å². The van der Waals surface area contributed by atoms with Gasteiger partial charge in [-0.1, -0.05) is 30.0 Å². The molecule has 138 valence electrons. The van der Waals surface area contributed by atoms with Crippen molar-refractivity contribution in [3.05, 3.63) is 56.9 Å². The number of thioether (sulfide) groups is 1. The number of thiocarbonyl (C=S) groups is 1. The Morgan fingerprint density at radius 3 is 2.74 bits per heavy atom. The number of methoxy groups -OCH3 is 1. The summed E-state index contributed by atoms with van der Waals surface area (Å²) in [6.07, 6.45) is 1.63. The first-order valence-corrected chi connectivity index (χ1v) is 9.51. The van der Waals surface area contributed by atoms with Crippen LogP contribution < -0.4 is 9.64 Å². The van der Waals surface area contributed by atoms with Crippen LogP contribution in [-0.4, -0.2) is 33.5 Å². The van der Waals surface area contributed by atoms with Crippen LogP contribution >= 0.6 is 39.9 Å². The summed E-state index contributed by atoms with van der Waals surface area (Å²) in [6, 6.07) is 9.27. The van der Waals surface area contributed by atoms with Crippen molar-refractivity contribution >= 4 is 67.9 Å². The molecule has 0 aromatic heterocycles. The molecule has 0 atom stereocenters. The lowest BCUT2D eigenvalue weighted by molar-refractivity contribution is -0.113. The van der Waals surface area contributed by atoms with E-state index in [0.717, 1.165) is 11.8 Å². The Morgan fingerprint density at radius 1 is 1.33 bits per heavy atom. The minimum atomic E-state index is -1.08. The van der Waals surface area contributed by atoms with Crippen molar-refractivity contribution in [2.45, 2.75) is 0 Å². The van der Waals surface area contributed by atoms with Gasteiger partial charge in [0.25, 0.3) is 5.91 Å². The molecule has 3 rings (SSSR count). The largest absolute Gasteiger partial charge is 0.503 e. The van der Waals surface area contributed by atoms with Crippen LogP contribution in [0.3, 0.4) is 0 Å². The zero-order valence-electron chi connectivity index (χ0n) is 13.8. The molecule has 2 aromatic carbocycles. The Morgan fingerprint density at radius 2 is 2.07 bits per heavy atom. The summed E-state index contributed by atoms with van der Waals surface area (Å²) in [4.78, 5) is 25.7. The summed E-state index contributed by atoms with van der Waals surface area (Å²) in [6.45, 7) is 0. The van der Waals surface area contributed by atoms with E-state index in [0.29, 0.717) is 24.9 Å². The van der Waals surface area contributed by atoms with E-state index in [4.69, 9.17) is 22.1 Å². The molecule has 0 unspecified atom stereocenters. The Kier molecular flexibility index (Phi) is 5.54. The van der Waals surface area contributed by atoms with Gasteiger partial charge in [0.05, 0.1) is 27.7 Å². The van der Waals surface area contributed by atoms with Crippen molar-refractivity contribution in [3.63, 3.8) is 0 Å². The number of hydrogen-bond acceptors (Lipinski definition) is 6. The van der Waals surface area contributed by atoms with Crippen molar-refractivity contribution in [3.8, 4) is 11.5 Å². The number of phenols is 1. The molecule has 1 saturated heterocycles. The van der Waals surface area contributed by atoms with Gasteiger partial charge < -0.3 is 14.9 Å². The van der Waals surface area contributed by atoms with Crippen LogP contribution in [0.1, 0.15) is 15.9 Å². The van der Waals surface area contributed by atoms with Gasteiger partial charge in [0.1, 0.15) is 0 Å². The van der Waals surface area contributed by atoms with E-state index in [1.54, 1.807) is 30.3 Å². The molecule has 0 aliphatic carbocycles. The van der Waals surface area contributed by atoms with Gasteiger partial charge in [-0.05, 0) is 57.9 Å². The number of rotatable bonds is 4. The van der Waals surface area contributed by atoms with Gasteiger partial charge in [-0.2, -0.15) is 0 Å². The number of nitrogens with zero attached hydrogens (tertiary/aromatic N) is 1. The van der Waals surface area contributed by atoms with Crippen LogP contribution in [0.5, 0.6) is 11.5 Å². The second-order valence-electron chi connectivity index (χ2n) is 5.43. The fraction of sp³-hybridized carbons (Fsp3) is 0.0556. The average Bonchev–Trinajstić information content (AvgIpc) is 2.91. The lowest BCUT2D eigenvalue weighted by Gasteiger charge is -2.14. The van der Waals surface area contributed by atoms with Crippen molar-refractivity contribution in [2.75, 3.05) is 12.0 Å². The topological polar surface area (TPSA) is 87.1 Å². The molecular weight excluding hydrogens is 454 g/mol. The first kappa shape index (κ1) is 19.4. The second kappa shape index (κ2) is 7.71. The van der Waals surface area contributed by atoms with Gasteiger partial charge in [-0.3, -0.25) is 9.69 Å². The number of benzene rings is 2. The van der Waals surface area contributed by atoms with Crippen LogP contribution in [0.15, 0.2) is 45.8 Å². The smallest absolute Gasteiger partial charge is 0.335 e. The number of carbonyl (C=O) groups excluding carboxylic acids is 1. The maximum absolute atomic E-state index is 12.8. The fourth-order valence-electron chi connectivity index (χ4n) is 2.45. The number of aromatic carboxylic acids is 1. The zero-order chi connectivity index (χ0) is 19.7. The number of phenolic OH excluding ortho intramolecular Hbond substituents is 1. The first-order valence-electron chi connectivity index (χ1n) is 7.49. The normalized spacial score (nSPS) is 15.5. The number of carbonyl (C=O) groups is 2. The van der Waals surface area contributed by atoms with Crippen LogP contribution in [0.4, 0.5) is 5.69 Å². The Bertz CT molecular complexity index is 1010. The van der Waals surface area contributed by atoms with Crippen LogP contribution in [-0.2, 0) is 4.79 Å². The molecule has 27 heavy (non-hydrogen) atoms. The number of hydrogen-bond donors (Lipinski definition) is 2. The number of halogens is 1.